The van der Waals surface area contributed by atoms with Gasteiger partial charge in [0, 0.05) is 25.3 Å². The van der Waals surface area contributed by atoms with E-state index >= 15 is 0 Å². The molecule has 1 aliphatic heterocycles. The number of amides is 2. The Morgan fingerprint density at radius 1 is 1.07 bits per heavy atom. The van der Waals surface area contributed by atoms with Crippen LogP contribution in [0.5, 0.6) is 5.75 Å². The van der Waals surface area contributed by atoms with Crippen molar-refractivity contribution in [2.45, 2.75) is 38.0 Å². The lowest BCUT2D eigenvalue weighted by molar-refractivity contribution is 0.219. The van der Waals surface area contributed by atoms with E-state index in [1.54, 1.807) is 17.0 Å². The van der Waals surface area contributed by atoms with Crippen molar-refractivity contribution in [3.63, 3.8) is 0 Å². The number of hydrogen-bond acceptors (Lipinski definition) is 4. The first-order valence-electron chi connectivity index (χ1n) is 9.69. The Morgan fingerprint density at radius 3 is 2.45 bits per heavy atom. The quantitative estimate of drug-likeness (QED) is 0.471. The van der Waals surface area contributed by atoms with Crippen LogP contribution in [0.1, 0.15) is 31.7 Å². The van der Waals surface area contributed by atoms with Crippen LogP contribution in [0.25, 0.3) is 0 Å². The van der Waals surface area contributed by atoms with E-state index in [0.717, 1.165) is 31.9 Å². The Morgan fingerprint density at radius 2 is 1.79 bits per heavy atom. The summed E-state index contributed by atoms with van der Waals surface area (Å²) in [7, 11) is -4.06. The number of carbonyl (C=O) groups excluding carboxylic acids is 1. The van der Waals surface area contributed by atoms with Crippen LogP contribution < -0.4 is 9.08 Å². The van der Waals surface area contributed by atoms with Gasteiger partial charge in [0.2, 0.25) is 0 Å². The fraction of sp³-hybridized carbons (Fsp3) is 0.381. The summed E-state index contributed by atoms with van der Waals surface area (Å²) in [4.78, 5) is 16.0. The molecule has 0 unspecified atom stereocenters. The number of rotatable bonds is 8. The Labute approximate surface area is 171 Å². The molecule has 0 aliphatic carbocycles. The lowest BCUT2D eigenvalue weighted by Gasteiger charge is -2.19. The maximum absolute atomic E-state index is 13.4. The largest absolute Gasteiger partial charge is 0.379 e. The maximum atomic E-state index is 13.4. The average Bonchev–Trinajstić information content (AvgIpc) is 3.05. The first kappa shape index (κ1) is 21.1. The second-order valence-electron chi connectivity index (χ2n) is 7.07. The van der Waals surface area contributed by atoms with Gasteiger partial charge in [-0.1, -0.05) is 19.8 Å². The van der Waals surface area contributed by atoms with Crippen molar-refractivity contribution < 1.29 is 21.8 Å². The van der Waals surface area contributed by atoms with Crippen molar-refractivity contribution in [3.05, 3.63) is 53.8 Å². The van der Waals surface area contributed by atoms with Crippen LogP contribution in [0.15, 0.2) is 47.4 Å². The molecular weight excluding hydrogens is 395 g/mol. The van der Waals surface area contributed by atoms with Gasteiger partial charge >= 0.3 is 16.1 Å². The van der Waals surface area contributed by atoms with E-state index in [-0.39, 0.29) is 16.7 Å². The number of hydrogen-bond donors (Lipinski definition) is 0. The zero-order valence-electron chi connectivity index (χ0n) is 16.6. The molecule has 0 aromatic heterocycles. The molecule has 0 spiro atoms. The molecule has 29 heavy (non-hydrogen) atoms. The van der Waals surface area contributed by atoms with Crippen molar-refractivity contribution in [2.75, 3.05) is 24.5 Å². The molecule has 3 rings (SSSR count). The van der Waals surface area contributed by atoms with Gasteiger partial charge in [-0.15, -0.1) is 0 Å². The van der Waals surface area contributed by atoms with Crippen LogP contribution >= 0.6 is 0 Å². The third-order valence-electron chi connectivity index (χ3n) is 4.90. The molecule has 2 aromatic rings. The van der Waals surface area contributed by atoms with E-state index in [4.69, 9.17) is 4.18 Å². The minimum absolute atomic E-state index is 0.0327. The molecule has 2 aromatic carbocycles. The summed E-state index contributed by atoms with van der Waals surface area (Å²) in [5, 5.41) is 0. The predicted octanol–water partition coefficient (Wildman–Crippen LogP) is 4.33. The minimum atomic E-state index is -4.06. The second kappa shape index (κ2) is 8.82. The molecule has 1 saturated heterocycles. The topological polar surface area (TPSA) is 66.9 Å². The van der Waals surface area contributed by atoms with E-state index in [1.165, 1.54) is 31.2 Å². The van der Waals surface area contributed by atoms with E-state index in [0.29, 0.717) is 24.3 Å². The molecule has 6 nitrogen and oxygen atoms in total. The smallest absolute Gasteiger partial charge is 0.339 e. The fourth-order valence-electron chi connectivity index (χ4n) is 3.22. The van der Waals surface area contributed by atoms with Gasteiger partial charge in [0.25, 0.3) is 0 Å². The Hall–Kier alpha value is -2.61. The van der Waals surface area contributed by atoms with Crippen LogP contribution in [-0.2, 0) is 10.1 Å². The Kier molecular flexibility index (Phi) is 6.42. The third-order valence-corrected chi connectivity index (χ3v) is 6.16. The number of carbonyl (C=O) groups is 1. The van der Waals surface area contributed by atoms with Gasteiger partial charge in [-0.2, -0.15) is 8.42 Å². The zero-order valence-corrected chi connectivity index (χ0v) is 17.4. The molecule has 0 saturated carbocycles. The Balaban J connectivity index is 1.69. The van der Waals surface area contributed by atoms with Gasteiger partial charge in [0.15, 0.2) is 0 Å². The second-order valence-corrected chi connectivity index (χ2v) is 8.62. The number of benzene rings is 2. The van der Waals surface area contributed by atoms with Gasteiger partial charge in [0.1, 0.15) is 16.5 Å². The van der Waals surface area contributed by atoms with Crippen molar-refractivity contribution in [2.24, 2.45) is 0 Å². The first-order valence-corrected chi connectivity index (χ1v) is 11.1. The fourth-order valence-corrected chi connectivity index (χ4v) is 4.14. The average molecular weight is 421 g/mol. The molecule has 0 atom stereocenters. The van der Waals surface area contributed by atoms with Gasteiger partial charge in [-0.05, 0) is 61.4 Å². The summed E-state index contributed by atoms with van der Waals surface area (Å²) >= 11 is 0. The highest BCUT2D eigenvalue weighted by atomic mass is 32.2. The summed E-state index contributed by atoms with van der Waals surface area (Å²) in [6.45, 7) is 5.62. The Bertz CT molecular complexity index is 977. The van der Waals surface area contributed by atoms with E-state index < -0.39 is 15.9 Å². The van der Waals surface area contributed by atoms with Gasteiger partial charge < -0.3 is 9.08 Å². The van der Waals surface area contributed by atoms with Gasteiger partial charge in [-0.3, -0.25) is 4.90 Å². The van der Waals surface area contributed by atoms with Crippen LogP contribution in [0.3, 0.4) is 0 Å². The predicted molar refractivity (Wildman–Crippen MR) is 109 cm³/mol. The first-order chi connectivity index (χ1) is 13.8. The van der Waals surface area contributed by atoms with Gasteiger partial charge in [-0.25, -0.2) is 9.18 Å². The summed E-state index contributed by atoms with van der Waals surface area (Å²) in [6, 6.07) is 9.71. The number of unbranched alkanes of at least 4 members (excludes halogenated alkanes) is 2. The lowest BCUT2D eigenvalue weighted by atomic mass is 10.2. The van der Waals surface area contributed by atoms with Crippen LogP contribution in [0, 0.1) is 12.7 Å². The monoisotopic (exact) mass is 420 g/mol. The summed E-state index contributed by atoms with van der Waals surface area (Å²) in [5.41, 5.74) is 0.939. The zero-order chi connectivity index (χ0) is 21.0. The molecule has 2 amide bonds. The van der Waals surface area contributed by atoms with Crippen molar-refractivity contribution >= 4 is 21.8 Å². The number of nitrogens with zero attached hydrogens (tertiary/aromatic N) is 2. The highest BCUT2D eigenvalue weighted by Gasteiger charge is 2.29. The summed E-state index contributed by atoms with van der Waals surface area (Å²) in [6.07, 6.45) is 3.17. The number of aryl methyl sites for hydroxylation is 1. The number of urea groups is 1. The molecule has 1 aliphatic rings. The van der Waals surface area contributed by atoms with Gasteiger partial charge in [0.05, 0.1) is 0 Å². The molecule has 0 radical (unpaired) electrons. The maximum Gasteiger partial charge on any atom is 0.339 e. The van der Waals surface area contributed by atoms with Crippen molar-refractivity contribution in [1.29, 1.82) is 0 Å². The molecule has 8 heteroatoms. The van der Waals surface area contributed by atoms with Crippen molar-refractivity contribution in [3.8, 4) is 5.75 Å². The van der Waals surface area contributed by atoms with Crippen LogP contribution in [0.4, 0.5) is 14.9 Å². The lowest BCUT2D eigenvalue weighted by Crippen LogP contribution is -2.32. The number of halogens is 1. The molecule has 0 N–H and O–H groups in total. The SMILES string of the molecule is CCCCCN1CCN(c2ccc(S(=O)(=O)Oc3ccc(F)c(C)c3)cc2)C1=O. The molecular formula is C21H25FN2O4S. The number of anilines is 1. The van der Waals surface area contributed by atoms with Crippen molar-refractivity contribution in [1.82, 2.24) is 4.90 Å². The van der Waals surface area contributed by atoms with Crippen LogP contribution in [-0.4, -0.2) is 39.0 Å². The highest BCUT2D eigenvalue weighted by Crippen LogP contribution is 2.25. The summed E-state index contributed by atoms with van der Waals surface area (Å²) in [5.74, 6) is -0.386. The van der Waals surface area contributed by atoms with E-state index in [9.17, 15) is 17.6 Å². The highest BCUT2D eigenvalue weighted by molar-refractivity contribution is 7.87. The van der Waals surface area contributed by atoms with E-state index in [2.05, 4.69) is 6.92 Å². The van der Waals surface area contributed by atoms with Crippen LogP contribution in [0.2, 0.25) is 0 Å². The molecule has 1 fully saturated rings. The third kappa shape index (κ3) is 4.87. The molecule has 1 heterocycles. The van der Waals surface area contributed by atoms with E-state index in [1.807, 2.05) is 4.90 Å². The molecule has 0 bridgehead atoms. The minimum Gasteiger partial charge on any atom is -0.379 e. The standard InChI is InChI=1S/C21H25FN2O4S/c1-3-4-5-12-23-13-14-24(21(23)25)17-6-9-19(10-7-17)29(26,27)28-18-8-11-20(22)16(2)15-18/h6-11,15H,3-5,12-14H2,1-2H3. The molecule has 156 valence electrons. The summed E-state index contributed by atoms with van der Waals surface area (Å²) < 4.78 is 43.4. The normalized spacial score (nSPS) is 14.5.